The summed E-state index contributed by atoms with van der Waals surface area (Å²) in [6.45, 7) is 4.73. The van der Waals surface area contributed by atoms with Crippen LogP contribution in [0.5, 0.6) is 0 Å². The number of anilines is 1. The van der Waals surface area contributed by atoms with Gasteiger partial charge in [-0.15, -0.1) is 0 Å². The van der Waals surface area contributed by atoms with Crippen LogP contribution in [0.4, 0.5) is 10.1 Å². The van der Waals surface area contributed by atoms with Crippen molar-refractivity contribution in [1.29, 1.82) is 0 Å². The third-order valence-corrected chi connectivity index (χ3v) is 2.20. The molecule has 0 bridgehead atoms. The maximum Gasteiger partial charge on any atom is 0.340 e. The van der Waals surface area contributed by atoms with Crippen molar-refractivity contribution in [3.8, 4) is 0 Å². The van der Waals surface area contributed by atoms with Crippen LogP contribution in [-0.4, -0.2) is 30.3 Å². The third-order valence-electron chi connectivity index (χ3n) is 2.20. The van der Waals surface area contributed by atoms with Crippen molar-refractivity contribution in [2.75, 3.05) is 18.5 Å². The molecular weight excluding hydrogens is 225 g/mol. The Morgan fingerprint density at radius 3 is 2.88 bits per heavy atom. The van der Waals surface area contributed by atoms with Gasteiger partial charge >= 0.3 is 5.97 Å². The quantitative estimate of drug-likeness (QED) is 0.802. The number of aromatic carboxylic acids is 1. The lowest BCUT2D eigenvalue weighted by Crippen LogP contribution is -2.23. The minimum Gasteiger partial charge on any atom is -0.478 e. The van der Waals surface area contributed by atoms with Gasteiger partial charge in [0, 0.05) is 12.6 Å². The second-order valence-electron chi connectivity index (χ2n) is 3.67. The molecule has 0 saturated carbocycles. The number of hydrogen-bond acceptors (Lipinski definition) is 3. The van der Waals surface area contributed by atoms with Crippen LogP contribution in [0.15, 0.2) is 18.2 Å². The Balaban J connectivity index is 2.83. The zero-order chi connectivity index (χ0) is 12.8. The summed E-state index contributed by atoms with van der Waals surface area (Å²) in [7, 11) is 0. The van der Waals surface area contributed by atoms with E-state index in [1.54, 1.807) is 0 Å². The molecule has 0 aliphatic carbocycles. The minimum absolute atomic E-state index is 0.0881. The van der Waals surface area contributed by atoms with Crippen molar-refractivity contribution >= 4 is 11.7 Å². The molecule has 1 aromatic rings. The predicted molar refractivity (Wildman–Crippen MR) is 62.9 cm³/mol. The maximum atomic E-state index is 13.4. The van der Waals surface area contributed by atoms with Gasteiger partial charge in [-0.2, -0.15) is 0 Å². The van der Waals surface area contributed by atoms with Gasteiger partial charge in [-0.25, -0.2) is 9.18 Å². The molecule has 0 radical (unpaired) electrons. The fourth-order valence-corrected chi connectivity index (χ4v) is 1.46. The highest BCUT2D eigenvalue weighted by molar-refractivity contribution is 5.94. The van der Waals surface area contributed by atoms with Crippen LogP contribution in [0.3, 0.4) is 0 Å². The Labute approximate surface area is 99.4 Å². The monoisotopic (exact) mass is 241 g/mol. The molecule has 1 aromatic carbocycles. The first-order valence-electron chi connectivity index (χ1n) is 5.42. The standard InChI is InChI=1S/C12H16FNO3/c1-3-17-7-8(2)14-10-6-4-5-9(13)11(10)12(15)16/h4-6,8,14H,3,7H2,1-2H3,(H,15,16). The van der Waals surface area contributed by atoms with Crippen LogP contribution in [0.2, 0.25) is 0 Å². The summed E-state index contributed by atoms with van der Waals surface area (Å²) in [5.74, 6) is -2.03. The SMILES string of the molecule is CCOCC(C)Nc1cccc(F)c1C(=O)O. The van der Waals surface area contributed by atoms with Crippen molar-refractivity contribution in [3.05, 3.63) is 29.6 Å². The van der Waals surface area contributed by atoms with Gasteiger partial charge in [0.25, 0.3) is 0 Å². The molecular formula is C12H16FNO3. The highest BCUT2D eigenvalue weighted by Crippen LogP contribution is 2.19. The molecule has 2 N–H and O–H groups in total. The molecule has 0 amide bonds. The molecule has 0 aromatic heterocycles. The van der Waals surface area contributed by atoms with Crippen molar-refractivity contribution in [3.63, 3.8) is 0 Å². The summed E-state index contributed by atoms with van der Waals surface area (Å²) < 4.78 is 18.5. The average Bonchev–Trinajstić information content (AvgIpc) is 2.25. The summed E-state index contributed by atoms with van der Waals surface area (Å²) >= 11 is 0. The largest absolute Gasteiger partial charge is 0.478 e. The normalized spacial score (nSPS) is 12.2. The summed E-state index contributed by atoms with van der Waals surface area (Å²) in [6.07, 6.45) is 0. The summed E-state index contributed by atoms with van der Waals surface area (Å²) in [6, 6.07) is 4.05. The second-order valence-corrected chi connectivity index (χ2v) is 3.67. The number of benzene rings is 1. The summed E-state index contributed by atoms with van der Waals surface area (Å²) in [5.41, 5.74) is -0.0689. The Bertz CT molecular complexity index is 395. The van der Waals surface area contributed by atoms with Gasteiger partial charge < -0.3 is 15.2 Å². The van der Waals surface area contributed by atoms with Crippen molar-refractivity contribution in [2.45, 2.75) is 19.9 Å². The highest BCUT2D eigenvalue weighted by Gasteiger charge is 2.16. The molecule has 0 aliphatic rings. The Morgan fingerprint density at radius 2 is 2.29 bits per heavy atom. The molecule has 0 heterocycles. The molecule has 1 unspecified atom stereocenters. The maximum absolute atomic E-state index is 13.4. The van der Waals surface area contributed by atoms with Crippen LogP contribution in [0.25, 0.3) is 0 Å². The summed E-state index contributed by atoms with van der Waals surface area (Å²) in [5, 5.41) is 11.8. The molecule has 94 valence electrons. The van der Waals surface area contributed by atoms with E-state index in [9.17, 15) is 9.18 Å². The van der Waals surface area contributed by atoms with Crippen LogP contribution < -0.4 is 5.32 Å². The number of rotatable bonds is 6. The smallest absolute Gasteiger partial charge is 0.340 e. The number of halogens is 1. The molecule has 0 aliphatic heterocycles. The Kier molecular flexibility index (Phi) is 4.90. The van der Waals surface area contributed by atoms with E-state index in [4.69, 9.17) is 9.84 Å². The predicted octanol–water partition coefficient (Wildman–Crippen LogP) is 2.36. The van der Waals surface area contributed by atoms with Crippen molar-refractivity contribution in [1.82, 2.24) is 0 Å². The van der Waals surface area contributed by atoms with E-state index in [1.807, 2.05) is 13.8 Å². The lowest BCUT2D eigenvalue weighted by Gasteiger charge is -2.16. The number of carboxylic acid groups (broad SMARTS) is 1. The van der Waals surface area contributed by atoms with Crippen LogP contribution in [-0.2, 0) is 4.74 Å². The van der Waals surface area contributed by atoms with E-state index in [2.05, 4.69) is 5.32 Å². The molecule has 5 heteroatoms. The molecule has 4 nitrogen and oxygen atoms in total. The van der Waals surface area contributed by atoms with Gasteiger partial charge in [0.1, 0.15) is 11.4 Å². The van der Waals surface area contributed by atoms with Gasteiger partial charge in [-0.1, -0.05) is 6.07 Å². The molecule has 1 rings (SSSR count). The first-order chi connectivity index (χ1) is 8.06. The van der Waals surface area contributed by atoms with Crippen molar-refractivity contribution in [2.24, 2.45) is 0 Å². The fraction of sp³-hybridized carbons (Fsp3) is 0.417. The van der Waals surface area contributed by atoms with Gasteiger partial charge in [-0.3, -0.25) is 0 Å². The topological polar surface area (TPSA) is 58.6 Å². The lowest BCUT2D eigenvalue weighted by molar-refractivity contribution is 0.0692. The summed E-state index contributed by atoms with van der Waals surface area (Å²) in [4.78, 5) is 10.9. The number of carboxylic acids is 1. The van der Waals surface area contributed by atoms with Crippen LogP contribution >= 0.6 is 0 Å². The fourth-order valence-electron chi connectivity index (χ4n) is 1.46. The van der Waals surface area contributed by atoms with Crippen LogP contribution in [0, 0.1) is 5.82 Å². The van der Waals surface area contributed by atoms with Gasteiger partial charge in [0.05, 0.1) is 12.3 Å². The second kappa shape index (κ2) is 6.20. The molecule has 1 atom stereocenters. The van der Waals surface area contributed by atoms with E-state index in [0.717, 1.165) is 6.07 Å². The average molecular weight is 241 g/mol. The lowest BCUT2D eigenvalue weighted by atomic mass is 10.1. The molecule has 0 spiro atoms. The molecule has 0 saturated heterocycles. The number of carbonyl (C=O) groups is 1. The zero-order valence-electron chi connectivity index (χ0n) is 9.87. The van der Waals surface area contributed by atoms with E-state index in [1.165, 1.54) is 12.1 Å². The van der Waals surface area contributed by atoms with Gasteiger partial charge in [0.15, 0.2) is 0 Å². The molecule has 0 fully saturated rings. The van der Waals surface area contributed by atoms with E-state index in [0.29, 0.717) is 13.2 Å². The third kappa shape index (κ3) is 3.71. The Morgan fingerprint density at radius 1 is 1.59 bits per heavy atom. The number of ether oxygens (including phenoxy) is 1. The Hall–Kier alpha value is -1.62. The minimum atomic E-state index is -1.28. The van der Waals surface area contributed by atoms with Gasteiger partial charge in [-0.05, 0) is 26.0 Å². The first-order valence-corrected chi connectivity index (χ1v) is 5.42. The van der Waals surface area contributed by atoms with Gasteiger partial charge in [0.2, 0.25) is 0 Å². The van der Waals surface area contributed by atoms with E-state index < -0.39 is 11.8 Å². The van der Waals surface area contributed by atoms with E-state index >= 15 is 0 Å². The highest BCUT2D eigenvalue weighted by atomic mass is 19.1. The zero-order valence-corrected chi connectivity index (χ0v) is 9.87. The van der Waals surface area contributed by atoms with Crippen molar-refractivity contribution < 1.29 is 19.0 Å². The van der Waals surface area contributed by atoms with E-state index in [-0.39, 0.29) is 17.3 Å². The number of hydrogen-bond donors (Lipinski definition) is 2. The molecule has 17 heavy (non-hydrogen) atoms. The first kappa shape index (κ1) is 13.4. The number of nitrogens with one attached hydrogen (secondary N) is 1. The van der Waals surface area contributed by atoms with Crippen LogP contribution in [0.1, 0.15) is 24.2 Å².